The Bertz CT molecular complexity index is 365. The topological polar surface area (TPSA) is 59.6 Å². The molecule has 5 nitrogen and oxygen atoms in total. The van der Waals surface area contributed by atoms with Gasteiger partial charge >= 0.3 is 0 Å². The number of carbonyl (C=O) groups excluding carboxylic acids is 1. The molecule has 0 atom stereocenters. The molecule has 0 aliphatic heterocycles. The highest BCUT2D eigenvalue weighted by molar-refractivity contribution is 5.76. The molecule has 0 bridgehead atoms. The quantitative estimate of drug-likeness (QED) is 0.653. The fourth-order valence-electron chi connectivity index (χ4n) is 1.56. The van der Waals surface area contributed by atoms with Gasteiger partial charge in [0.2, 0.25) is 5.91 Å². The largest absolute Gasteiger partial charge is 0.497 e. The number of rotatable bonds is 9. The molecule has 0 fully saturated rings. The van der Waals surface area contributed by atoms with Crippen LogP contribution in [-0.2, 0) is 16.1 Å². The standard InChI is InChI=1S/C14H22N2O3/c1-18-10-9-16-14(17)7-8-15-11-12-3-5-13(19-2)6-4-12/h3-6,15H,7-11H2,1-2H3,(H,16,17). The van der Waals surface area contributed by atoms with E-state index in [0.29, 0.717) is 26.1 Å². The van der Waals surface area contributed by atoms with Gasteiger partial charge in [0, 0.05) is 33.2 Å². The molecule has 1 amide bonds. The Balaban J connectivity index is 2.11. The summed E-state index contributed by atoms with van der Waals surface area (Å²) in [6.07, 6.45) is 0.472. The Kier molecular flexibility index (Phi) is 7.62. The van der Waals surface area contributed by atoms with Gasteiger partial charge < -0.3 is 20.1 Å². The van der Waals surface area contributed by atoms with Gasteiger partial charge in [0.25, 0.3) is 0 Å². The van der Waals surface area contributed by atoms with Crippen molar-refractivity contribution in [1.29, 1.82) is 0 Å². The zero-order chi connectivity index (χ0) is 13.9. The first-order chi connectivity index (χ1) is 9.26. The van der Waals surface area contributed by atoms with Gasteiger partial charge in [-0.05, 0) is 17.7 Å². The maximum Gasteiger partial charge on any atom is 0.221 e. The van der Waals surface area contributed by atoms with E-state index >= 15 is 0 Å². The number of amides is 1. The van der Waals surface area contributed by atoms with Crippen LogP contribution in [0.3, 0.4) is 0 Å². The summed E-state index contributed by atoms with van der Waals surface area (Å²) < 4.78 is 9.94. The van der Waals surface area contributed by atoms with Crippen LogP contribution in [0.25, 0.3) is 0 Å². The van der Waals surface area contributed by atoms with Gasteiger partial charge in [-0.15, -0.1) is 0 Å². The van der Waals surface area contributed by atoms with Gasteiger partial charge in [-0.1, -0.05) is 12.1 Å². The van der Waals surface area contributed by atoms with Gasteiger partial charge in [0.15, 0.2) is 0 Å². The van der Waals surface area contributed by atoms with E-state index in [-0.39, 0.29) is 5.91 Å². The lowest BCUT2D eigenvalue weighted by molar-refractivity contribution is -0.121. The van der Waals surface area contributed by atoms with Crippen LogP contribution in [0.1, 0.15) is 12.0 Å². The molecule has 0 unspecified atom stereocenters. The molecular weight excluding hydrogens is 244 g/mol. The van der Waals surface area contributed by atoms with Crippen LogP contribution in [-0.4, -0.2) is 39.8 Å². The summed E-state index contributed by atoms with van der Waals surface area (Å²) in [5.41, 5.74) is 1.17. The molecule has 0 aliphatic carbocycles. The minimum Gasteiger partial charge on any atom is -0.497 e. The van der Waals surface area contributed by atoms with Crippen LogP contribution < -0.4 is 15.4 Å². The first kappa shape index (κ1) is 15.5. The van der Waals surface area contributed by atoms with Crippen molar-refractivity contribution in [2.24, 2.45) is 0 Å². The van der Waals surface area contributed by atoms with Gasteiger partial charge in [-0.25, -0.2) is 0 Å². The zero-order valence-corrected chi connectivity index (χ0v) is 11.6. The highest BCUT2D eigenvalue weighted by Gasteiger charge is 2.00. The summed E-state index contributed by atoms with van der Waals surface area (Å²) in [5, 5.41) is 6.00. The first-order valence-electron chi connectivity index (χ1n) is 6.35. The molecule has 106 valence electrons. The number of hydrogen-bond donors (Lipinski definition) is 2. The van der Waals surface area contributed by atoms with Crippen LogP contribution in [0.5, 0.6) is 5.75 Å². The number of benzene rings is 1. The Morgan fingerprint density at radius 2 is 1.89 bits per heavy atom. The van der Waals surface area contributed by atoms with Gasteiger partial charge in [0.1, 0.15) is 5.75 Å². The number of nitrogens with one attached hydrogen (secondary N) is 2. The molecule has 0 saturated heterocycles. The highest BCUT2D eigenvalue weighted by atomic mass is 16.5. The van der Waals surface area contributed by atoms with Crippen LogP contribution in [0.2, 0.25) is 0 Å². The molecule has 0 heterocycles. The van der Waals surface area contributed by atoms with E-state index in [1.165, 1.54) is 5.56 Å². The molecular formula is C14H22N2O3. The molecule has 0 aliphatic rings. The van der Waals surface area contributed by atoms with Crippen LogP contribution in [0.15, 0.2) is 24.3 Å². The van der Waals surface area contributed by atoms with Crippen molar-refractivity contribution in [3.8, 4) is 5.75 Å². The fraction of sp³-hybridized carbons (Fsp3) is 0.500. The van der Waals surface area contributed by atoms with E-state index in [9.17, 15) is 4.79 Å². The van der Waals surface area contributed by atoms with Crippen LogP contribution in [0.4, 0.5) is 0 Å². The van der Waals surface area contributed by atoms with E-state index in [4.69, 9.17) is 9.47 Å². The Morgan fingerprint density at radius 3 is 2.53 bits per heavy atom. The Hall–Kier alpha value is -1.59. The van der Waals surface area contributed by atoms with Crippen molar-refractivity contribution >= 4 is 5.91 Å². The molecule has 1 aromatic carbocycles. The average Bonchev–Trinajstić information content (AvgIpc) is 2.44. The molecule has 0 aromatic heterocycles. The number of methoxy groups -OCH3 is 2. The van der Waals surface area contributed by atoms with E-state index in [1.807, 2.05) is 24.3 Å². The Labute approximate surface area is 114 Å². The van der Waals surface area contributed by atoms with Crippen molar-refractivity contribution in [2.45, 2.75) is 13.0 Å². The van der Waals surface area contributed by atoms with Crippen molar-refractivity contribution in [3.63, 3.8) is 0 Å². The highest BCUT2D eigenvalue weighted by Crippen LogP contribution is 2.10. The second kappa shape index (κ2) is 9.35. The average molecular weight is 266 g/mol. The number of ether oxygens (including phenoxy) is 2. The predicted molar refractivity (Wildman–Crippen MR) is 74.2 cm³/mol. The van der Waals surface area contributed by atoms with Crippen molar-refractivity contribution < 1.29 is 14.3 Å². The maximum atomic E-state index is 11.4. The molecule has 1 rings (SSSR count). The number of carbonyl (C=O) groups is 1. The molecule has 1 aromatic rings. The SMILES string of the molecule is COCCNC(=O)CCNCc1ccc(OC)cc1. The zero-order valence-electron chi connectivity index (χ0n) is 11.6. The second-order valence-electron chi connectivity index (χ2n) is 4.12. The normalized spacial score (nSPS) is 10.2. The van der Waals surface area contributed by atoms with Crippen molar-refractivity contribution in [1.82, 2.24) is 10.6 Å². The number of hydrogen-bond acceptors (Lipinski definition) is 4. The van der Waals surface area contributed by atoms with Gasteiger partial charge in [-0.3, -0.25) is 4.79 Å². The third kappa shape index (κ3) is 6.79. The minimum absolute atomic E-state index is 0.0410. The third-order valence-corrected chi connectivity index (χ3v) is 2.65. The first-order valence-corrected chi connectivity index (χ1v) is 6.35. The van der Waals surface area contributed by atoms with E-state index in [2.05, 4.69) is 10.6 Å². The van der Waals surface area contributed by atoms with E-state index in [0.717, 1.165) is 12.3 Å². The minimum atomic E-state index is 0.0410. The smallest absolute Gasteiger partial charge is 0.221 e. The Morgan fingerprint density at radius 1 is 1.16 bits per heavy atom. The summed E-state index contributed by atoms with van der Waals surface area (Å²) in [4.78, 5) is 11.4. The van der Waals surface area contributed by atoms with Crippen molar-refractivity contribution in [3.05, 3.63) is 29.8 Å². The molecule has 5 heteroatoms. The summed E-state index contributed by atoms with van der Waals surface area (Å²) >= 11 is 0. The van der Waals surface area contributed by atoms with E-state index in [1.54, 1.807) is 14.2 Å². The summed E-state index contributed by atoms with van der Waals surface area (Å²) in [5.74, 6) is 0.889. The van der Waals surface area contributed by atoms with E-state index < -0.39 is 0 Å². The summed E-state index contributed by atoms with van der Waals surface area (Å²) in [7, 11) is 3.26. The third-order valence-electron chi connectivity index (χ3n) is 2.65. The maximum absolute atomic E-state index is 11.4. The molecule has 0 radical (unpaired) electrons. The molecule has 2 N–H and O–H groups in total. The van der Waals surface area contributed by atoms with Crippen LogP contribution in [0, 0.1) is 0 Å². The fourth-order valence-corrected chi connectivity index (χ4v) is 1.56. The summed E-state index contributed by atoms with van der Waals surface area (Å²) in [6.45, 7) is 2.51. The van der Waals surface area contributed by atoms with Crippen LogP contribution >= 0.6 is 0 Å². The molecule has 19 heavy (non-hydrogen) atoms. The lowest BCUT2D eigenvalue weighted by Gasteiger charge is -2.07. The molecule has 0 saturated carbocycles. The summed E-state index contributed by atoms with van der Waals surface area (Å²) in [6, 6.07) is 7.86. The predicted octanol–water partition coefficient (Wildman–Crippen LogP) is 0.937. The lowest BCUT2D eigenvalue weighted by Crippen LogP contribution is -2.29. The van der Waals surface area contributed by atoms with Gasteiger partial charge in [0.05, 0.1) is 13.7 Å². The lowest BCUT2D eigenvalue weighted by atomic mass is 10.2. The second-order valence-corrected chi connectivity index (χ2v) is 4.12. The molecule has 0 spiro atoms. The van der Waals surface area contributed by atoms with Crippen molar-refractivity contribution in [2.75, 3.05) is 33.9 Å². The van der Waals surface area contributed by atoms with Gasteiger partial charge in [-0.2, -0.15) is 0 Å². The monoisotopic (exact) mass is 266 g/mol.